The molecule has 37 heavy (non-hydrogen) atoms. The first-order valence-electron chi connectivity index (χ1n) is 13.6. The molecular formula is C30H36ClNO5. The molecule has 7 heteroatoms. The van der Waals surface area contributed by atoms with Crippen molar-refractivity contribution in [1.82, 2.24) is 0 Å². The van der Waals surface area contributed by atoms with E-state index in [0.29, 0.717) is 30.6 Å². The van der Waals surface area contributed by atoms with Crippen molar-refractivity contribution in [3.63, 3.8) is 0 Å². The van der Waals surface area contributed by atoms with Gasteiger partial charge in [-0.05, 0) is 98.2 Å². The number of aryl methyl sites for hydroxylation is 1. The number of carbonyl (C=O) groups is 1. The Hall–Kier alpha value is -2.28. The van der Waals surface area contributed by atoms with E-state index >= 15 is 0 Å². The lowest BCUT2D eigenvalue weighted by atomic mass is 9.67. The zero-order valence-electron chi connectivity index (χ0n) is 21.5. The van der Waals surface area contributed by atoms with E-state index in [0.717, 1.165) is 74.5 Å². The Bertz CT molecular complexity index is 1170. The number of benzene rings is 2. The molecule has 1 N–H and O–H groups in total. The minimum Gasteiger partial charge on any atom is -0.490 e. The Morgan fingerprint density at radius 2 is 2.11 bits per heavy atom. The van der Waals surface area contributed by atoms with E-state index in [1.165, 1.54) is 18.2 Å². The highest BCUT2D eigenvalue weighted by Gasteiger charge is 2.45. The first-order valence-corrected chi connectivity index (χ1v) is 14.0. The number of aliphatic hydroxyl groups excluding tert-OH is 1. The second-order valence-electron chi connectivity index (χ2n) is 11.4. The molecule has 2 aromatic carbocycles. The number of aliphatic hydroxyl groups is 1. The molecule has 2 heterocycles. The lowest BCUT2D eigenvalue weighted by Crippen LogP contribution is -2.50. The van der Waals surface area contributed by atoms with Crippen molar-refractivity contribution >= 4 is 23.3 Å². The average molecular weight is 526 g/mol. The topological polar surface area (TPSA) is 68.2 Å². The molecule has 1 saturated carbocycles. The molecule has 0 amide bonds. The molecule has 1 spiro atoms. The van der Waals surface area contributed by atoms with Gasteiger partial charge in [-0.25, -0.2) is 4.79 Å². The lowest BCUT2D eigenvalue weighted by molar-refractivity contribution is -0.101. The summed E-state index contributed by atoms with van der Waals surface area (Å²) in [4.78, 5) is 14.9. The van der Waals surface area contributed by atoms with Crippen molar-refractivity contribution in [2.75, 3.05) is 38.3 Å². The maximum Gasteiger partial charge on any atom is 0.337 e. The number of hydrogen-bond donors (Lipinski definition) is 1. The fraction of sp³-hybridized carbons (Fsp3) is 0.567. The van der Waals surface area contributed by atoms with E-state index in [4.69, 9.17) is 25.8 Å². The minimum atomic E-state index is -0.342. The van der Waals surface area contributed by atoms with E-state index in [2.05, 4.69) is 17.0 Å². The van der Waals surface area contributed by atoms with Gasteiger partial charge in [0.1, 0.15) is 5.75 Å². The van der Waals surface area contributed by atoms with Gasteiger partial charge in [-0.3, -0.25) is 0 Å². The first-order chi connectivity index (χ1) is 18.0. The van der Waals surface area contributed by atoms with Gasteiger partial charge < -0.3 is 24.2 Å². The summed E-state index contributed by atoms with van der Waals surface area (Å²) < 4.78 is 17.7. The normalized spacial score (nSPS) is 30.9. The fourth-order valence-corrected chi connectivity index (χ4v) is 7.26. The van der Waals surface area contributed by atoms with Crippen molar-refractivity contribution in [3.8, 4) is 5.75 Å². The molecule has 1 saturated heterocycles. The van der Waals surface area contributed by atoms with Crippen LogP contribution in [0.25, 0.3) is 0 Å². The van der Waals surface area contributed by atoms with E-state index < -0.39 is 0 Å². The van der Waals surface area contributed by atoms with Crippen molar-refractivity contribution in [2.24, 2.45) is 11.8 Å². The molecule has 2 fully saturated rings. The Balaban J connectivity index is 1.35. The number of hydrogen-bond acceptors (Lipinski definition) is 6. The predicted molar refractivity (Wildman–Crippen MR) is 143 cm³/mol. The highest BCUT2D eigenvalue weighted by molar-refractivity contribution is 6.30. The average Bonchev–Trinajstić information content (AvgIpc) is 3.03. The number of halogens is 1. The zero-order chi connectivity index (χ0) is 25.6. The highest BCUT2D eigenvalue weighted by atomic mass is 35.5. The van der Waals surface area contributed by atoms with Crippen molar-refractivity contribution < 1.29 is 24.1 Å². The number of anilines is 1. The Kier molecular flexibility index (Phi) is 6.85. The maximum absolute atomic E-state index is 12.4. The van der Waals surface area contributed by atoms with Gasteiger partial charge in [0.2, 0.25) is 0 Å². The summed E-state index contributed by atoms with van der Waals surface area (Å²) in [7, 11) is 1.42. The van der Waals surface area contributed by atoms with E-state index in [-0.39, 0.29) is 23.6 Å². The van der Waals surface area contributed by atoms with Crippen LogP contribution >= 0.6 is 11.6 Å². The molecule has 2 aromatic rings. The number of esters is 1. The number of rotatable bonds is 4. The maximum atomic E-state index is 12.4. The van der Waals surface area contributed by atoms with Crippen LogP contribution in [0.2, 0.25) is 5.02 Å². The van der Waals surface area contributed by atoms with Crippen LogP contribution in [-0.2, 0) is 21.3 Å². The van der Waals surface area contributed by atoms with Gasteiger partial charge >= 0.3 is 5.97 Å². The van der Waals surface area contributed by atoms with Crippen LogP contribution in [0, 0.1) is 11.8 Å². The van der Waals surface area contributed by atoms with Crippen LogP contribution in [0.1, 0.15) is 60.0 Å². The van der Waals surface area contributed by atoms with Crippen molar-refractivity contribution in [3.05, 3.63) is 58.1 Å². The summed E-state index contributed by atoms with van der Waals surface area (Å²) in [6, 6.07) is 11.9. The van der Waals surface area contributed by atoms with E-state index in [9.17, 15) is 9.90 Å². The van der Waals surface area contributed by atoms with E-state index in [1.807, 2.05) is 18.2 Å². The smallest absolute Gasteiger partial charge is 0.337 e. The number of fused-ring (bicyclic) bond motifs is 3. The van der Waals surface area contributed by atoms with Crippen LogP contribution in [0.3, 0.4) is 0 Å². The van der Waals surface area contributed by atoms with Gasteiger partial charge in [0.05, 0.1) is 37.2 Å². The number of ether oxygens (including phenoxy) is 3. The second kappa shape index (κ2) is 10.1. The number of nitrogens with zero attached hydrogens (tertiary/aromatic N) is 1. The number of carbonyl (C=O) groups excluding carboxylic acids is 1. The molecule has 198 valence electrons. The fourth-order valence-electron chi connectivity index (χ4n) is 7.06. The first kappa shape index (κ1) is 25.0. The van der Waals surface area contributed by atoms with Crippen LogP contribution in [0.5, 0.6) is 5.75 Å². The number of methoxy groups -OCH3 is 1. The van der Waals surface area contributed by atoms with Crippen molar-refractivity contribution in [2.45, 2.75) is 62.6 Å². The summed E-state index contributed by atoms with van der Waals surface area (Å²) in [6.45, 7) is 2.91. The summed E-state index contributed by atoms with van der Waals surface area (Å²) in [5.41, 5.74) is 3.98. The van der Waals surface area contributed by atoms with Crippen LogP contribution in [-0.4, -0.2) is 56.7 Å². The SMILES string of the molecule is COC(=O)c1ccc2c(c1)N(C[C@@H]1CC[C@H]1[C@@H]1C[C@@H](O)CCO1)C[C@@]1(CCCc3cc(Cl)ccc31)CO2. The standard InChI is InChI=1S/C30H36ClNO5/c1-35-29(34)20-5-9-27-26(14-20)32(16-21-4-7-24(21)28-15-23(33)10-12-36-28)17-30(18-37-27)11-2-3-19-13-22(31)6-8-25(19)30/h5-6,8-9,13-14,21,23-24,28,33H,2-4,7,10-12,15-18H2,1H3/t21-,23-,24+,28-,30-/m0/s1. The molecule has 6 nitrogen and oxygen atoms in total. The summed E-state index contributed by atoms with van der Waals surface area (Å²) in [5.74, 6) is 1.38. The lowest BCUT2D eigenvalue weighted by Gasteiger charge is -2.47. The van der Waals surface area contributed by atoms with Gasteiger partial charge in [-0.15, -0.1) is 0 Å². The minimum absolute atomic E-state index is 0.123. The third-order valence-electron chi connectivity index (χ3n) is 9.15. The van der Waals surface area contributed by atoms with E-state index in [1.54, 1.807) is 6.07 Å². The Morgan fingerprint density at radius 3 is 2.89 bits per heavy atom. The monoisotopic (exact) mass is 525 g/mol. The molecule has 0 radical (unpaired) electrons. The van der Waals surface area contributed by atoms with Crippen LogP contribution in [0.15, 0.2) is 36.4 Å². The van der Waals surface area contributed by atoms with Gasteiger partial charge in [-0.1, -0.05) is 17.7 Å². The molecule has 0 unspecified atom stereocenters. The summed E-state index contributed by atoms with van der Waals surface area (Å²) >= 11 is 6.38. The van der Waals surface area contributed by atoms with Gasteiger partial charge in [0, 0.05) is 30.1 Å². The van der Waals surface area contributed by atoms with Crippen molar-refractivity contribution in [1.29, 1.82) is 0 Å². The highest BCUT2D eigenvalue weighted by Crippen LogP contribution is 2.47. The summed E-state index contributed by atoms with van der Waals surface area (Å²) in [5, 5.41) is 11.0. The van der Waals surface area contributed by atoms with Crippen LogP contribution < -0.4 is 9.64 Å². The molecule has 2 aliphatic heterocycles. The zero-order valence-corrected chi connectivity index (χ0v) is 22.2. The molecule has 0 aromatic heterocycles. The third kappa shape index (κ3) is 4.73. The molecular weight excluding hydrogens is 490 g/mol. The van der Waals surface area contributed by atoms with Gasteiger partial charge in [-0.2, -0.15) is 0 Å². The summed E-state index contributed by atoms with van der Waals surface area (Å²) in [6.07, 6.45) is 6.76. The Labute approximate surface area is 223 Å². The van der Waals surface area contributed by atoms with Crippen LogP contribution in [0.4, 0.5) is 5.69 Å². The predicted octanol–water partition coefficient (Wildman–Crippen LogP) is 5.17. The largest absolute Gasteiger partial charge is 0.490 e. The molecule has 6 rings (SSSR count). The molecule has 5 atom stereocenters. The quantitative estimate of drug-likeness (QED) is 0.556. The third-order valence-corrected chi connectivity index (χ3v) is 9.39. The molecule has 4 aliphatic rings. The second-order valence-corrected chi connectivity index (χ2v) is 11.8. The molecule has 0 bridgehead atoms. The Morgan fingerprint density at radius 1 is 1.22 bits per heavy atom. The van der Waals surface area contributed by atoms with Gasteiger partial charge in [0.15, 0.2) is 0 Å². The molecule has 2 aliphatic carbocycles. The van der Waals surface area contributed by atoms with Gasteiger partial charge in [0.25, 0.3) is 0 Å².